The number of hydrogen-bond donors (Lipinski definition) is 1. The molecule has 4 aromatic heterocycles. The summed E-state index contributed by atoms with van der Waals surface area (Å²) in [5.74, 6) is 0.318. The number of nitrogens with zero attached hydrogens (tertiary/aromatic N) is 4. The van der Waals surface area contributed by atoms with Crippen LogP contribution in [0.2, 0.25) is 0 Å². The Balaban J connectivity index is 1.43. The van der Waals surface area contributed by atoms with E-state index in [-0.39, 0.29) is 17.2 Å². The van der Waals surface area contributed by atoms with E-state index >= 15 is 0 Å². The van der Waals surface area contributed by atoms with E-state index in [0.29, 0.717) is 25.9 Å². The maximum absolute atomic E-state index is 12.1. The molecule has 0 aliphatic carbocycles. The van der Waals surface area contributed by atoms with E-state index in [1.165, 1.54) is 46.8 Å². The number of anilines is 1. The number of rotatable bonds is 5. The lowest BCUT2D eigenvalue weighted by Crippen LogP contribution is -2.12. The van der Waals surface area contributed by atoms with Crippen molar-refractivity contribution in [3.8, 4) is 0 Å². The predicted octanol–water partition coefficient (Wildman–Crippen LogP) is 3.05. The highest BCUT2D eigenvalue weighted by Gasteiger charge is 2.13. The molecular weight excluding hydrogens is 394 g/mol. The van der Waals surface area contributed by atoms with E-state index in [2.05, 4.69) is 20.5 Å². The van der Waals surface area contributed by atoms with Gasteiger partial charge in [0.1, 0.15) is 0 Å². The van der Waals surface area contributed by atoms with E-state index < -0.39 is 0 Å². The summed E-state index contributed by atoms with van der Waals surface area (Å²) in [6.07, 6.45) is 3.21. The van der Waals surface area contributed by atoms with E-state index in [1.807, 2.05) is 6.92 Å². The van der Waals surface area contributed by atoms with Crippen LogP contribution in [0.1, 0.15) is 21.1 Å². The largest absolute Gasteiger partial charge is 0.459 e. The molecule has 1 amide bonds. The van der Waals surface area contributed by atoms with Crippen molar-refractivity contribution in [3.63, 3.8) is 0 Å². The number of carbonyl (C=O) groups excluding carboxylic acids is 1. The van der Waals surface area contributed by atoms with Gasteiger partial charge in [-0.05, 0) is 19.1 Å². The van der Waals surface area contributed by atoms with E-state index in [4.69, 9.17) is 4.42 Å². The average Bonchev–Trinajstić information content (AvgIpc) is 3.33. The number of thioether (sulfide) groups is 1. The van der Waals surface area contributed by atoms with Crippen LogP contribution in [0.15, 0.2) is 44.2 Å². The Morgan fingerprint density at radius 1 is 1.38 bits per heavy atom. The fourth-order valence-electron chi connectivity index (χ4n) is 2.15. The van der Waals surface area contributed by atoms with Gasteiger partial charge < -0.3 is 4.42 Å². The van der Waals surface area contributed by atoms with Crippen molar-refractivity contribution in [2.45, 2.75) is 17.0 Å². The number of hydrogen-bond acceptors (Lipinski definition) is 9. The molecule has 0 aliphatic heterocycles. The third-order valence-corrected chi connectivity index (χ3v) is 6.15. The molecule has 4 rings (SSSR count). The molecular formula is C15H11N5O3S3. The first kappa shape index (κ1) is 16.9. The maximum atomic E-state index is 12.1. The van der Waals surface area contributed by atoms with Gasteiger partial charge in [0.25, 0.3) is 11.5 Å². The van der Waals surface area contributed by atoms with Crippen molar-refractivity contribution in [3.05, 3.63) is 57.3 Å². The van der Waals surface area contributed by atoms with Gasteiger partial charge >= 0.3 is 0 Å². The lowest BCUT2D eigenvalue weighted by atomic mass is 10.4. The van der Waals surface area contributed by atoms with Crippen LogP contribution in [-0.2, 0) is 5.75 Å². The molecule has 0 aromatic carbocycles. The third kappa shape index (κ3) is 3.54. The fourth-order valence-corrected chi connectivity index (χ4v) is 4.64. The van der Waals surface area contributed by atoms with Crippen molar-refractivity contribution in [1.29, 1.82) is 0 Å². The van der Waals surface area contributed by atoms with Crippen molar-refractivity contribution in [2.75, 3.05) is 5.32 Å². The number of furan rings is 1. The topological polar surface area (TPSA) is 102 Å². The normalized spacial score (nSPS) is 11.1. The van der Waals surface area contributed by atoms with Gasteiger partial charge in [0.05, 0.1) is 12.0 Å². The first-order valence-electron chi connectivity index (χ1n) is 7.38. The van der Waals surface area contributed by atoms with Crippen molar-refractivity contribution >= 4 is 50.4 Å². The van der Waals surface area contributed by atoms with Gasteiger partial charge in [0.2, 0.25) is 5.13 Å². The number of carbonyl (C=O) groups is 1. The van der Waals surface area contributed by atoms with Crippen molar-refractivity contribution in [2.24, 2.45) is 0 Å². The van der Waals surface area contributed by atoms with E-state index in [9.17, 15) is 9.59 Å². The molecule has 0 saturated heterocycles. The standard InChI is InChI=1S/C15H11N5O3S3/c1-8-6-20-11(21)5-9(16-14(20)25-8)7-24-15-19-18-13(26-15)17-12(22)10-3-2-4-23-10/h2-6H,7H2,1H3,(H,17,18,22). The van der Waals surface area contributed by atoms with Gasteiger partial charge in [-0.2, -0.15) is 0 Å². The molecule has 4 heterocycles. The third-order valence-electron chi connectivity index (χ3n) is 3.25. The molecule has 0 bridgehead atoms. The van der Waals surface area contributed by atoms with Gasteiger partial charge in [-0.3, -0.25) is 19.3 Å². The Hall–Kier alpha value is -2.50. The van der Waals surface area contributed by atoms with Crippen LogP contribution in [0.4, 0.5) is 5.13 Å². The second kappa shape index (κ2) is 7.02. The Morgan fingerprint density at radius 2 is 2.27 bits per heavy atom. The summed E-state index contributed by atoms with van der Waals surface area (Å²) in [5, 5.41) is 11.0. The highest BCUT2D eigenvalue weighted by atomic mass is 32.2. The molecule has 1 N–H and O–H groups in total. The summed E-state index contributed by atoms with van der Waals surface area (Å²) >= 11 is 4.13. The molecule has 132 valence electrons. The van der Waals surface area contributed by atoms with E-state index in [0.717, 1.165) is 4.88 Å². The fraction of sp³-hybridized carbons (Fsp3) is 0.133. The summed E-state index contributed by atoms with van der Waals surface area (Å²) in [7, 11) is 0. The first-order valence-corrected chi connectivity index (χ1v) is 10.0. The van der Waals surface area contributed by atoms with Gasteiger partial charge in [-0.25, -0.2) is 4.98 Å². The predicted molar refractivity (Wildman–Crippen MR) is 100 cm³/mol. The molecule has 26 heavy (non-hydrogen) atoms. The van der Waals surface area contributed by atoms with Crippen LogP contribution in [0.25, 0.3) is 4.96 Å². The molecule has 0 spiro atoms. The van der Waals surface area contributed by atoms with Gasteiger partial charge in [0.15, 0.2) is 15.1 Å². The molecule has 0 unspecified atom stereocenters. The molecule has 11 heteroatoms. The maximum Gasteiger partial charge on any atom is 0.293 e. The smallest absolute Gasteiger partial charge is 0.293 e. The summed E-state index contributed by atoms with van der Waals surface area (Å²) < 4.78 is 7.24. The van der Waals surface area contributed by atoms with E-state index in [1.54, 1.807) is 22.7 Å². The minimum absolute atomic E-state index is 0.0985. The number of aromatic nitrogens is 4. The number of nitrogens with one attached hydrogen (secondary N) is 1. The SMILES string of the molecule is Cc1cn2c(=O)cc(CSc3nnc(NC(=O)c4ccco4)s3)nc2s1. The summed E-state index contributed by atoms with van der Waals surface area (Å²) in [5.41, 5.74) is 0.580. The summed E-state index contributed by atoms with van der Waals surface area (Å²) in [6.45, 7) is 1.94. The zero-order valence-corrected chi connectivity index (χ0v) is 15.8. The zero-order chi connectivity index (χ0) is 18.1. The molecule has 0 atom stereocenters. The van der Waals surface area contributed by atoms with Crippen LogP contribution >= 0.6 is 34.4 Å². The molecule has 8 nitrogen and oxygen atoms in total. The summed E-state index contributed by atoms with van der Waals surface area (Å²) in [6, 6.07) is 4.73. The Morgan fingerprint density at radius 3 is 3.08 bits per heavy atom. The number of thiazole rings is 1. The molecule has 0 radical (unpaired) electrons. The highest BCUT2D eigenvalue weighted by Crippen LogP contribution is 2.28. The van der Waals surface area contributed by atoms with Gasteiger partial charge in [-0.1, -0.05) is 23.1 Å². The number of aryl methyl sites for hydroxylation is 1. The lowest BCUT2D eigenvalue weighted by Gasteiger charge is -1.98. The number of fused-ring (bicyclic) bond motifs is 1. The quantitative estimate of drug-likeness (QED) is 0.402. The van der Waals surface area contributed by atoms with Crippen molar-refractivity contribution in [1.82, 2.24) is 19.6 Å². The Kier molecular flexibility index (Phi) is 4.57. The monoisotopic (exact) mass is 405 g/mol. The molecule has 0 fully saturated rings. The minimum atomic E-state index is -0.379. The Labute approximate surface area is 158 Å². The zero-order valence-electron chi connectivity index (χ0n) is 13.3. The lowest BCUT2D eigenvalue weighted by molar-refractivity contribution is 0.0996. The molecule has 4 aromatic rings. The van der Waals surface area contributed by atoms with Crippen LogP contribution < -0.4 is 10.9 Å². The molecule has 0 saturated carbocycles. The first-order chi connectivity index (χ1) is 12.6. The average molecular weight is 405 g/mol. The van der Waals surface area contributed by atoms with Crippen LogP contribution in [0.3, 0.4) is 0 Å². The van der Waals surface area contributed by atoms with Crippen molar-refractivity contribution < 1.29 is 9.21 Å². The van der Waals surface area contributed by atoms with Gasteiger partial charge in [-0.15, -0.1) is 21.5 Å². The van der Waals surface area contributed by atoms with Crippen LogP contribution in [0, 0.1) is 6.92 Å². The van der Waals surface area contributed by atoms with Crippen LogP contribution in [-0.4, -0.2) is 25.5 Å². The van der Waals surface area contributed by atoms with Crippen LogP contribution in [0.5, 0.6) is 0 Å². The summed E-state index contributed by atoms with van der Waals surface area (Å²) in [4.78, 5) is 30.2. The second-order valence-electron chi connectivity index (χ2n) is 5.17. The van der Waals surface area contributed by atoms with Gasteiger partial charge in [0, 0.05) is 22.9 Å². The second-order valence-corrected chi connectivity index (χ2v) is 8.59. The molecule has 0 aliphatic rings. The highest BCUT2D eigenvalue weighted by molar-refractivity contribution is 8.00. The minimum Gasteiger partial charge on any atom is -0.459 e. The Bertz CT molecular complexity index is 1130. The number of amides is 1.